The number of piperidine rings is 1. The Morgan fingerprint density at radius 2 is 1.88 bits per heavy atom. The Morgan fingerprint density at radius 3 is 2.54 bits per heavy atom. The molecule has 0 radical (unpaired) electrons. The largest absolute Gasteiger partial charge is 0.366 e. The third kappa shape index (κ3) is 3.87. The number of nitrogens with one attached hydrogen (secondary N) is 1. The maximum Gasteiger partial charge on any atom is 0.168 e. The summed E-state index contributed by atoms with van der Waals surface area (Å²) in [7, 11) is 0. The molecule has 132 valence electrons. The summed E-state index contributed by atoms with van der Waals surface area (Å²) in [6, 6.07) is 4.44. The number of ether oxygens (including phenoxy) is 2. The van der Waals surface area contributed by atoms with Gasteiger partial charge in [-0.25, -0.2) is 0 Å². The summed E-state index contributed by atoms with van der Waals surface area (Å²) in [4.78, 5) is 2.63. The third-order valence-corrected chi connectivity index (χ3v) is 5.71. The number of likely N-dealkylation sites (tertiary alicyclic amines) is 1. The van der Waals surface area contributed by atoms with E-state index in [-0.39, 0.29) is 5.79 Å². The lowest BCUT2D eigenvalue weighted by Gasteiger charge is -2.39. The number of aromatic nitrogens is 2. The Balaban J connectivity index is 1.18. The molecular weight excluding hydrogens is 304 g/mol. The topological polar surface area (TPSA) is 59.5 Å². The van der Waals surface area contributed by atoms with Crippen LogP contribution in [-0.4, -0.2) is 59.8 Å². The summed E-state index contributed by atoms with van der Waals surface area (Å²) < 4.78 is 11.7. The minimum absolute atomic E-state index is 0.218. The van der Waals surface area contributed by atoms with Crippen molar-refractivity contribution >= 4 is 5.82 Å². The first kappa shape index (κ1) is 16.2. The van der Waals surface area contributed by atoms with Gasteiger partial charge in [0.1, 0.15) is 5.82 Å². The lowest BCUT2D eigenvalue weighted by molar-refractivity contribution is -0.183. The van der Waals surface area contributed by atoms with E-state index in [1.807, 2.05) is 12.1 Å². The van der Waals surface area contributed by atoms with Gasteiger partial charge in [-0.1, -0.05) is 0 Å². The van der Waals surface area contributed by atoms with E-state index in [4.69, 9.17) is 9.47 Å². The predicted molar refractivity (Wildman–Crippen MR) is 91.7 cm³/mol. The molecule has 1 N–H and O–H groups in total. The summed E-state index contributed by atoms with van der Waals surface area (Å²) in [5.74, 6) is 1.47. The minimum Gasteiger partial charge on any atom is -0.366 e. The molecule has 2 saturated heterocycles. The van der Waals surface area contributed by atoms with E-state index in [2.05, 4.69) is 20.4 Å². The van der Waals surface area contributed by atoms with E-state index < -0.39 is 0 Å². The molecule has 2 aliphatic heterocycles. The van der Waals surface area contributed by atoms with E-state index in [1.165, 1.54) is 45.3 Å². The van der Waals surface area contributed by atoms with Gasteiger partial charge in [-0.2, -0.15) is 5.10 Å². The van der Waals surface area contributed by atoms with Gasteiger partial charge >= 0.3 is 0 Å². The first-order valence-electron chi connectivity index (χ1n) is 9.36. The standard InChI is InChI=1S/C18H28N4O2/c1-2-17(21-19-9-1)20-16-5-10-22(11-6-16)14-15-3-7-18(8-4-15)23-12-13-24-18/h1-2,9,15-16H,3-8,10-14H2,(H,20,21). The smallest absolute Gasteiger partial charge is 0.168 e. The zero-order valence-corrected chi connectivity index (χ0v) is 14.3. The summed E-state index contributed by atoms with van der Waals surface area (Å²) in [6.07, 6.45) is 8.68. The summed E-state index contributed by atoms with van der Waals surface area (Å²) >= 11 is 0. The molecule has 6 heteroatoms. The van der Waals surface area contributed by atoms with Crippen LogP contribution in [0, 0.1) is 5.92 Å². The van der Waals surface area contributed by atoms with Crippen LogP contribution in [0.15, 0.2) is 18.3 Å². The fourth-order valence-corrected chi connectivity index (χ4v) is 4.30. The molecule has 0 amide bonds. The molecule has 0 unspecified atom stereocenters. The second kappa shape index (κ2) is 7.33. The molecule has 24 heavy (non-hydrogen) atoms. The van der Waals surface area contributed by atoms with E-state index in [0.717, 1.165) is 37.8 Å². The van der Waals surface area contributed by atoms with Gasteiger partial charge in [0.25, 0.3) is 0 Å². The van der Waals surface area contributed by atoms with Crippen molar-refractivity contribution in [2.75, 3.05) is 38.2 Å². The molecule has 1 aromatic rings. The van der Waals surface area contributed by atoms with Crippen LogP contribution in [0.5, 0.6) is 0 Å². The average Bonchev–Trinajstić information content (AvgIpc) is 3.08. The van der Waals surface area contributed by atoms with Gasteiger partial charge < -0.3 is 19.7 Å². The predicted octanol–water partition coefficient (Wildman–Crippen LogP) is 2.29. The minimum atomic E-state index is -0.218. The molecule has 3 fully saturated rings. The first-order chi connectivity index (χ1) is 11.8. The zero-order valence-electron chi connectivity index (χ0n) is 14.3. The maximum atomic E-state index is 5.84. The van der Waals surface area contributed by atoms with Gasteiger partial charge in [-0.05, 0) is 43.7 Å². The number of hydrogen-bond donors (Lipinski definition) is 1. The van der Waals surface area contributed by atoms with Gasteiger partial charge in [-0.15, -0.1) is 5.10 Å². The normalized spacial score (nSPS) is 26.0. The Morgan fingerprint density at radius 1 is 1.12 bits per heavy atom. The highest BCUT2D eigenvalue weighted by molar-refractivity contribution is 5.32. The zero-order chi connectivity index (χ0) is 16.2. The maximum absolute atomic E-state index is 5.84. The number of nitrogens with zero attached hydrogens (tertiary/aromatic N) is 3. The van der Waals surface area contributed by atoms with E-state index in [9.17, 15) is 0 Å². The molecule has 3 heterocycles. The van der Waals surface area contributed by atoms with Crippen molar-refractivity contribution in [1.29, 1.82) is 0 Å². The Hall–Kier alpha value is -1.24. The van der Waals surface area contributed by atoms with Gasteiger partial charge in [-0.3, -0.25) is 0 Å². The van der Waals surface area contributed by atoms with Crippen molar-refractivity contribution in [2.24, 2.45) is 5.92 Å². The Bertz CT molecular complexity index is 503. The molecule has 0 aromatic carbocycles. The molecule has 3 aliphatic rings. The molecule has 1 spiro atoms. The molecular formula is C18H28N4O2. The van der Waals surface area contributed by atoms with Crippen LogP contribution >= 0.6 is 0 Å². The monoisotopic (exact) mass is 332 g/mol. The molecule has 0 bridgehead atoms. The van der Waals surface area contributed by atoms with Crippen LogP contribution < -0.4 is 5.32 Å². The molecule has 4 rings (SSSR count). The van der Waals surface area contributed by atoms with E-state index in [0.29, 0.717) is 6.04 Å². The fourth-order valence-electron chi connectivity index (χ4n) is 4.30. The van der Waals surface area contributed by atoms with Crippen LogP contribution in [-0.2, 0) is 9.47 Å². The molecule has 1 aromatic heterocycles. The number of anilines is 1. The lowest BCUT2D eigenvalue weighted by Crippen LogP contribution is -2.43. The average molecular weight is 332 g/mol. The van der Waals surface area contributed by atoms with Crippen molar-refractivity contribution in [2.45, 2.75) is 50.4 Å². The van der Waals surface area contributed by atoms with Crippen LogP contribution in [0.4, 0.5) is 5.82 Å². The van der Waals surface area contributed by atoms with Crippen LogP contribution in [0.25, 0.3) is 0 Å². The third-order valence-electron chi connectivity index (χ3n) is 5.71. The molecule has 1 aliphatic carbocycles. The highest BCUT2D eigenvalue weighted by Crippen LogP contribution is 2.38. The quantitative estimate of drug-likeness (QED) is 0.913. The molecule has 1 saturated carbocycles. The lowest BCUT2D eigenvalue weighted by atomic mass is 9.84. The fraction of sp³-hybridized carbons (Fsp3) is 0.778. The summed E-state index contributed by atoms with van der Waals surface area (Å²) in [6.45, 7) is 5.13. The second-order valence-corrected chi connectivity index (χ2v) is 7.38. The van der Waals surface area contributed by atoms with Gasteiger partial charge in [0, 0.05) is 44.7 Å². The van der Waals surface area contributed by atoms with Gasteiger partial charge in [0.05, 0.1) is 13.2 Å². The molecule has 6 nitrogen and oxygen atoms in total. The second-order valence-electron chi connectivity index (χ2n) is 7.38. The van der Waals surface area contributed by atoms with Crippen LogP contribution in [0.2, 0.25) is 0 Å². The Kier molecular flexibility index (Phi) is 4.96. The van der Waals surface area contributed by atoms with Crippen molar-refractivity contribution < 1.29 is 9.47 Å². The van der Waals surface area contributed by atoms with Crippen molar-refractivity contribution in [3.63, 3.8) is 0 Å². The SMILES string of the molecule is c1cnnc(NC2CCN(CC3CCC4(CC3)OCCO4)CC2)c1. The highest BCUT2D eigenvalue weighted by Gasteiger charge is 2.40. The highest BCUT2D eigenvalue weighted by atomic mass is 16.7. The molecule has 0 atom stereocenters. The van der Waals surface area contributed by atoms with E-state index in [1.54, 1.807) is 6.20 Å². The van der Waals surface area contributed by atoms with Crippen LogP contribution in [0.3, 0.4) is 0 Å². The van der Waals surface area contributed by atoms with Gasteiger partial charge in [0.2, 0.25) is 0 Å². The van der Waals surface area contributed by atoms with E-state index >= 15 is 0 Å². The first-order valence-corrected chi connectivity index (χ1v) is 9.36. The van der Waals surface area contributed by atoms with Crippen molar-refractivity contribution in [1.82, 2.24) is 15.1 Å². The number of hydrogen-bond acceptors (Lipinski definition) is 6. The van der Waals surface area contributed by atoms with Gasteiger partial charge in [0.15, 0.2) is 5.79 Å². The summed E-state index contributed by atoms with van der Waals surface area (Å²) in [5, 5.41) is 11.6. The van der Waals surface area contributed by atoms with Crippen LogP contribution in [0.1, 0.15) is 38.5 Å². The summed E-state index contributed by atoms with van der Waals surface area (Å²) in [5.41, 5.74) is 0. The Labute approximate surface area is 143 Å². The van der Waals surface area contributed by atoms with Crippen molar-refractivity contribution in [3.8, 4) is 0 Å². The van der Waals surface area contributed by atoms with Crippen molar-refractivity contribution in [3.05, 3.63) is 18.3 Å². The number of rotatable bonds is 4.